The quantitative estimate of drug-likeness (QED) is 0.384. The van der Waals surface area contributed by atoms with E-state index in [0.29, 0.717) is 5.56 Å². The molecule has 11 heteroatoms. The van der Waals surface area contributed by atoms with E-state index in [2.05, 4.69) is 9.97 Å². The largest absolute Gasteiger partial charge is 0.494 e. The van der Waals surface area contributed by atoms with Gasteiger partial charge in [-0.2, -0.15) is 4.98 Å². The number of carbonyl (C=O) groups is 1. The molecule has 2 aromatic carbocycles. The maximum absolute atomic E-state index is 14.4. The van der Waals surface area contributed by atoms with Gasteiger partial charge in [0.15, 0.2) is 11.4 Å². The van der Waals surface area contributed by atoms with Gasteiger partial charge in [-0.15, -0.1) is 0 Å². The maximum Gasteiger partial charge on any atom is 0.275 e. The minimum absolute atomic E-state index is 0.00192. The van der Waals surface area contributed by atoms with Crippen LogP contribution >= 0.6 is 0 Å². The Hall–Kier alpha value is -4.80. The third-order valence-electron chi connectivity index (χ3n) is 6.96. The van der Waals surface area contributed by atoms with Crippen LogP contribution in [0.25, 0.3) is 17.1 Å². The van der Waals surface area contributed by atoms with Crippen LogP contribution in [0.4, 0.5) is 8.78 Å². The first-order chi connectivity index (χ1) is 19.2. The van der Waals surface area contributed by atoms with E-state index in [1.807, 2.05) is 0 Å². The molecule has 5 rings (SSSR count). The maximum atomic E-state index is 14.4. The highest BCUT2D eigenvalue weighted by Crippen LogP contribution is 2.36. The van der Waals surface area contributed by atoms with E-state index in [4.69, 9.17) is 9.47 Å². The fourth-order valence-corrected chi connectivity index (χ4v) is 4.99. The summed E-state index contributed by atoms with van der Waals surface area (Å²) in [6.07, 6.45) is 1.77. The highest BCUT2D eigenvalue weighted by molar-refractivity contribution is 5.96. The van der Waals surface area contributed by atoms with Crippen molar-refractivity contribution in [3.63, 3.8) is 0 Å². The molecule has 1 fully saturated rings. The predicted molar refractivity (Wildman–Crippen MR) is 142 cm³/mol. The number of aromatic nitrogens is 3. The predicted octanol–water partition coefficient (Wildman–Crippen LogP) is 4.23. The summed E-state index contributed by atoms with van der Waals surface area (Å²) < 4.78 is 41.0. The topological polar surface area (TPSA) is 107 Å². The molecular formula is C29H26F2N4O5. The fraction of sp³-hybridized carbons (Fsp3) is 0.241. The molecule has 1 atom stereocenters. The van der Waals surface area contributed by atoms with Gasteiger partial charge in [-0.1, -0.05) is 12.1 Å². The van der Waals surface area contributed by atoms with Gasteiger partial charge in [-0.25, -0.2) is 8.78 Å². The van der Waals surface area contributed by atoms with E-state index in [1.54, 1.807) is 37.3 Å². The van der Waals surface area contributed by atoms with Crippen molar-refractivity contribution < 1.29 is 28.2 Å². The lowest BCUT2D eigenvalue weighted by molar-refractivity contribution is 0.0784. The van der Waals surface area contributed by atoms with Crippen LogP contribution in [-0.2, 0) is 0 Å². The lowest BCUT2D eigenvalue weighted by Gasteiger charge is -2.21. The van der Waals surface area contributed by atoms with Crippen molar-refractivity contribution >= 4 is 5.91 Å². The van der Waals surface area contributed by atoms with Crippen molar-refractivity contribution in [2.75, 3.05) is 27.3 Å². The molecule has 1 aliphatic heterocycles. The van der Waals surface area contributed by atoms with Gasteiger partial charge >= 0.3 is 0 Å². The number of pyridine rings is 1. The molecule has 40 heavy (non-hydrogen) atoms. The third-order valence-corrected chi connectivity index (χ3v) is 6.96. The van der Waals surface area contributed by atoms with Gasteiger partial charge in [0.2, 0.25) is 5.88 Å². The van der Waals surface area contributed by atoms with Crippen molar-refractivity contribution in [2.45, 2.75) is 19.3 Å². The number of halogens is 2. The first-order valence-corrected chi connectivity index (χ1v) is 12.5. The monoisotopic (exact) mass is 548 g/mol. The zero-order valence-corrected chi connectivity index (χ0v) is 22.0. The molecule has 1 aliphatic rings. The van der Waals surface area contributed by atoms with Crippen LogP contribution in [0, 0.1) is 18.6 Å². The van der Waals surface area contributed by atoms with Crippen LogP contribution < -0.4 is 15.0 Å². The fourth-order valence-electron chi connectivity index (χ4n) is 4.99. The van der Waals surface area contributed by atoms with Gasteiger partial charge in [0.1, 0.15) is 28.8 Å². The summed E-state index contributed by atoms with van der Waals surface area (Å²) in [5.41, 5.74) is -0.302. The molecule has 0 radical (unpaired) electrons. The molecule has 1 unspecified atom stereocenters. The van der Waals surface area contributed by atoms with Crippen LogP contribution in [0.5, 0.6) is 17.4 Å². The average Bonchev–Trinajstić information content (AvgIpc) is 3.42. The van der Waals surface area contributed by atoms with E-state index in [9.17, 15) is 23.5 Å². The highest BCUT2D eigenvalue weighted by Gasteiger charge is 2.35. The van der Waals surface area contributed by atoms with Gasteiger partial charge < -0.3 is 19.5 Å². The second-order valence-electron chi connectivity index (χ2n) is 9.35. The number of carbonyl (C=O) groups excluding carboxylic acids is 1. The molecule has 0 bridgehead atoms. The zero-order chi connectivity index (χ0) is 28.6. The second kappa shape index (κ2) is 10.8. The Morgan fingerprint density at radius 3 is 2.27 bits per heavy atom. The molecule has 0 aliphatic carbocycles. The number of hydrogen-bond acceptors (Lipinski definition) is 7. The average molecular weight is 549 g/mol. The van der Waals surface area contributed by atoms with Gasteiger partial charge in [0.25, 0.3) is 11.5 Å². The molecule has 4 aromatic rings. The molecule has 0 saturated carbocycles. The number of nitrogens with zero attached hydrogens (tertiary/aromatic N) is 4. The van der Waals surface area contributed by atoms with Gasteiger partial charge in [-0.05, 0) is 49.7 Å². The third kappa shape index (κ3) is 4.63. The number of para-hydroxylation sites is 1. The number of rotatable bonds is 6. The minimum Gasteiger partial charge on any atom is -0.494 e. The Bertz CT molecular complexity index is 1610. The summed E-state index contributed by atoms with van der Waals surface area (Å²) in [6, 6.07) is 11.9. The molecule has 1 saturated heterocycles. The summed E-state index contributed by atoms with van der Waals surface area (Å²) in [5, 5.41) is 10.9. The van der Waals surface area contributed by atoms with Crippen molar-refractivity contribution in [2.24, 2.45) is 0 Å². The van der Waals surface area contributed by atoms with Crippen LogP contribution in [0.3, 0.4) is 0 Å². The van der Waals surface area contributed by atoms with E-state index < -0.39 is 40.5 Å². The van der Waals surface area contributed by atoms with Crippen LogP contribution in [0.1, 0.15) is 34.0 Å². The lowest BCUT2D eigenvalue weighted by Crippen LogP contribution is -2.36. The van der Waals surface area contributed by atoms with E-state index in [1.165, 1.54) is 31.4 Å². The number of aromatic hydroxyl groups is 1. The van der Waals surface area contributed by atoms with Gasteiger partial charge in [0.05, 0.1) is 14.2 Å². The normalized spacial score (nSPS) is 14.8. The van der Waals surface area contributed by atoms with Crippen LogP contribution in [0.15, 0.2) is 59.5 Å². The summed E-state index contributed by atoms with van der Waals surface area (Å²) in [7, 11) is 2.84. The molecule has 206 valence electrons. The summed E-state index contributed by atoms with van der Waals surface area (Å²) >= 11 is 0. The van der Waals surface area contributed by atoms with Crippen LogP contribution in [-0.4, -0.2) is 57.8 Å². The molecule has 2 aromatic heterocycles. The number of ether oxygens (including phenoxy) is 2. The molecule has 1 N–H and O–H groups in total. The Kier molecular flexibility index (Phi) is 7.20. The van der Waals surface area contributed by atoms with E-state index in [-0.39, 0.29) is 48.1 Å². The van der Waals surface area contributed by atoms with Gasteiger partial charge in [-0.3, -0.25) is 19.1 Å². The Balaban J connectivity index is 1.66. The molecule has 1 amide bonds. The molecule has 9 nitrogen and oxygen atoms in total. The van der Waals surface area contributed by atoms with Crippen LogP contribution in [0.2, 0.25) is 0 Å². The smallest absolute Gasteiger partial charge is 0.275 e. The number of likely N-dealkylation sites (tertiary alicyclic amines) is 1. The Morgan fingerprint density at radius 2 is 1.68 bits per heavy atom. The number of benzene rings is 2. The SMILES string of the molecule is COc1cccc(OC)c1-n1c(-c2ccc(C)nc2)nc(O)c(C(=O)N2CCC(c3c(F)cccc3F)C2)c1=O. The van der Waals surface area contributed by atoms with Crippen molar-refractivity contribution in [1.82, 2.24) is 19.4 Å². The number of hydrogen-bond donors (Lipinski definition) is 1. The summed E-state index contributed by atoms with van der Waals surface area (Å²) in [4.78, 5) is 37.6. The lowest BCUT2D eigenvalue weighted by atomic mass is 9.97. The Morgan fingerprint density at radius 1 is 1.02 bits per heavy atom. The number of methoxy groups -OCH3 is 2. The van der Waals surface area contributed by atoms with E-state index in [0.717, 1.165) is 22.4 Å². The van der Waals surface area contributed by atoms with E-state index >= 15 is 0 Å². The van der Waals surface area contributed by atoms with Crippen molar-refractivity contribution in [3.05, 3.63) is 93.5 Å². The number of aryl methyl sites for hydroxylation is 1. The number of amides is 1. The Labute approximate surface area is 228 Å². The van der Waals surface area contributed by atoms with Crippen molar-refractivity contribution in [3.8, 4) is 34.5 Å². The van der Waals surface area contributed by atoms with Crippen molar-refractivity contribution in [1.29, 1.82) is 0 Å². The molecule has 3 heterocycles. The molecule has 0 spiro atoms. The zero-order valence-electron chi connectivity index (χ0n) is 22.0. The standard InChI is InChI=1S/C29H26F2N4O5/c1-16-10-11-17(14-32-16)26-33-27(36)24(29(38)35(26)25-21(39-2)8-5-9-22(25)40-3)28(37)34-13-12-18(15-34)23-19(30)6-4-7-20(23)31/h4-11,14,18,36H,12-13,15H2,1-3H3. The first kappa shape index (κ1) is 26.8. The molecular weight excluding hydrogens is 522 g/mol. The second-order valence-corrected chi connectivity index (χ2v) is 9.35. The minimum atomic E-state index is -0.878. The first-order valence-electron chi connectivity index (χ1n) is 12.5. The van der Waals surface area contributed by atoms with Gasteiger partial charge in [0, 0.05) is 42.0 Å². The highest BCUT2D eigenvalue weighted by atomic mass is 19.1. The summed E-state index contributed by atoms with van der Waals surface area (Å²) in [6.45, 7) is 1.87. The summed E-state index contributed by atoms with van der Waals surface area (Å²) in [5.74, 6) is -3.11.